The highest BCUT2D eigenvalue weighted by molar-refractivity contribution is 6.01. The van der Waals surface area contributed by atoms with Crippen molar-refractivity contribution in [2.75, 3.05) is 0 Å². The predicted octanol–water partition coefficient (Wildman–Crippen LogP) is 2.94. The average Bonchev–Trinajstić information content (AvgIpc) is 2.54. The van der Waals surface area contributed by atoms with Crippen LogP contribution in [0, 0.1) is 6.92 Å². The molecule has 0 saturated heterocycles. The summed E-state index contributed by atoms with van der Waals surface area (Å²) in [6.07, 6.45) is 5.97. The molecule has 124 valence electrons. The largest absolute Gasteiger partial charge is 0.353 e. The SMILES string of the molecule is CC(CC(=O)NC1CCCCC1)=NNC(=O)c1ccccc1C. The molecule has 0 spiro atoms. The Morgan fingerprint density at radius 3 is 2.57 bits per heavy atom. The van der Waals surface area contributed by atoms with Gasteiger partial charge in [0.1, 0.15) is 0 Å². The van der Waals surface area contributed by atoms with Gasteiger partial charge in [-0.25, -0.2) is 5.43 Å². The summed E-state index contributed by atoms with van der Waals surface area (Å²) in [4.78, 5) is 24.0. The van der Waals surface area contributed by atoms with Crippen LogP contribution in [0.2, 0.25) is 0 Å². The predicted molar refractivity (Wildman–Crippen MR) is 91.4 cm³/mol. The quantitative estimate of drug-likeness (QED) is 0.648. The lowest BCUT2D eigenvalue weighted by Crippen LogP contribution is -2.37. The summed E-state index contributed by atoms with van der Waals surface area (Å²) >= 11 is 0. The number of benzene rings is 1. The van der Waals surface area contributed by atoms with E-state index in [0.717, 1.165) is 18.4 Å². The van der Waals surface area contributed by atoms with Crippen molar-refractivity contribution in [2.45, 2.75) is 58.4 Å². The van der Waals surface area contributed by atoms with Crippen LogP contribution in [0.5, 0.6) is 0 Å². The molecule has 1 aromatic carbocycles. The zero-order valence-corrected chi connectivity index (χ0v) is 13.9. The van der Waals surface area contributed by atoms with Crippen LogP contribution in [0.1, 0.15) is 61.4 Å². The van der Waals surface area contributed by atoms with Gasteiger partial charge in [0, 0.05) is 17.3 Å². The zero-order chi connectivity index (χ0) is 16.7. The fourth-order valence-corrected chi connectivity index (χ4v) is 2.83. The van der Waals surface area contributed by atoms with Gasteiger partial charge in [-0.05, 0) is 38.3 Å². The van der Waals surface area contributed by atoms with E-state index in [1.165, 1.54) is 19.3 Å². The van der Waals surface area contributed by atoms with Crippen LogP contribution in [0.15, 0.2) is 29.4 Å². The molecule has 2 amide bonds. The standard InChI is InChI=1S/C18H25N3O2/c1-13-8-6-7-11-16(13)18(23)21-20-14(2)12-17(22)19-15-9-4-3-5-10-15/h6-8,11,15H,3-5,9-10,12H2,1-2H3,(H,19,22)(H,21,23). The second-order valence-electron chi connectivity index (χ2n) is 6.18. The Kier molecular flexibility index (Phi) is 6.32. The minimum Gasteiger partial charge on any atom is -0.353 e. The number of hydrazone groups is 1. The van der Waals surface area contributed by atoms with Crippen molar-refractivity contribution in [3.05, 3.63) is 35.4 Å². The van der Waals surface area contributed by atoms with Gasteiger partial charge in [-0.15, -0.1) is 0 Å². The maximum absolute atomic E-state index is 12.1. The lowest BCUT2D eigenvalue weighted by molar-refractivity contribution is -0.120. The van der Waals surface area contributed by atoms with Crippen molar-refractivity contribution in [1.29, 1.82) is 0 Å². The molecule has 2 N–H and O–H groups in total. The van der Waals surface area contributed by atoms with Gasteiger partial charge in [0.2, 0.25) is 5.91 Å². The number of hydrogen-bond donors (Lipinski definition) is 2. The Balaban J connectivity index is 1.81. The molecule has 1 aliphatic carbocycles. The summed E-state index contributed by atoms with van der Waals surface area (Å²) in [5.41, 5.74) is 4.60. The van der Waals surface area contributed by atoms with Crippen molar-refractivity contribution >= 4 is 17.5 Å². The minimum absolute atomic E-state index is 0.0247. The first kappa shape index (κ1) is 17.2. The number of carbonyl (C=O) groups is 2. The molecular formula is C18H25N3O2. The van der Waals surface area contributed by atoms with Gasteiger partial charge in [0.05, 0.1) is 6.42 Å². The Morgan fingerprint density at radius 2 is 1.87 bits per heavy atom. The molecule has 1 fully saturated rings. The fourth-order valence-electron chi connectivity index (χ4n) is 2.83. The van der Waals surface area contributed by atoms with E-state index in [1.54, 1.807) is 13.0 Å². The Labute approximate surface area is 137 Å². The maximum Gasteiger partial charge on any atom is 0.271 e. The van der Waals surface area contributed by atoms with Crippen LogP contribution < -0.4 is 10.7 Å². The molecule has 0 aromatic heterocycles. The third-order valence-corrected chi connectivity index (χ3v) is 4.12. The molecule has 0 bridgehead atoms. The molecule has 5 heteroatoms. The molecule has 1 aliphatic rings. The highest BCUT2D eigenvalue weighted by atomic mass is 16.2. The molecule has 2 rings (SSSR count). The van der Waals surface area contributed by atoms with Gasteiger partial charge in [-0.2, -0.15) is 5.10 Å². The van der Waals surface area contributed by atoms with E-state index in [1.807, 2.05) is 25.1 Å². The van der Waals surface area contributed by atoms with Gasteiger partial charge in [-0.3, -0.25) is 9.59 Å². The molecule has 5 nitrogen and oxygen atoms in total. The summed E-state index contributed by atoms with van der Waals surface area (Å²) in [6, 6.07) is 7.63. The average molecular weight is 315 g/mol. The van der Waals surface area contributed by atoms with Gasteiger partial charge in [0.25, 0.3) is 5.91 Å². The first-order valence-corrected chi connectivity index (χ1v) is 8.25. The zero-order valence-electron chi connectivity index (χ0n) is 13.9. The van der Waals surface area contributed by atoms with Crippen LogP contribution in [0.25, 0.3) is 0 Å². The lowest BCUT2D eigenvalue weighted by atomic mass is 9.95. The van der Waals surface area contributed by atoms with Gasteiger partial charge in [-0.1, -0.05) is 37.5 Å². The molecular weight excluding hydrogens is 290 g/mol. The topological polar surface area (TPSA) is 70.6 Å². The summed E-state index contributed by atoms with van der Waals surface area (Å²) in [5.74, 6) is -0.279. The minimum atomic E-state index is -0.255. The number of nitrogens with zero attached hydrogens (tertiary/aromatic N) is 1. The number of rotatable bonds is 5. The van der Waals surface area contributed by atoms with Crippen molar-refractivity contribution < 1.29 is 9.59 Å². The Morgan fingerprint density at radius 1 is 1.17 bits per heavy atom. The van der Waals surface area contributed by atoms with Crippen molar-refractivity contribution in [2.24, 2.45) is 5.10 Å². The highest BCUT2D eigenvalue weighted by Crippen LogP contribution is 2.17. The Hall–Kier alpha value is -2.17. The van der Waals surface area contributed by atoms with Gasteiger partial charge < -0.3 is 5.32 Å². The first-order valence-electron chi connectivity index (χ1n) is 8.25. The third kappa shape index (κ3) is 5.51. The van der Waals surface area contributed by atoms with Gasteiger partial charge >= 0.3 is 0 Å². The monoisotopic (exact) mass is 315 g/mol. The van der Waals surface area contributed by atoms with Crippen LogP contribution in [-0.4, -0.2) is 23.6 Å². The van der Waals surface area contributed by atoms with E-state index in [-0.39, 0.29) is 18.2 Å². The number of nitrogens with one attached hydrogen (secondary N) is 2. The summed E-state index contributed by atoms with van der Waals surface area (Å²) < 4.78 is 0. The normalized spacial score (nSPS) is 16.0. The first-order chi connectivity index (χ1) is 11.1. The molecule has 0 radical (unpaired) electrons. The summed E-state index contributed by atoms with van der Waals surface area (Å²) in [5, 5.41) is 7.08. The van der Waals surface area contributed by atoms with Crippen LogP contribution in [-0.2, 0) is 4.79 Å². The lowest BCUT2D eigenvalue weighted by Gasteiger charge is -2.22. The smallest absolute Gasteiger partial charge is 0.271 e. The van der Waals surface area contributed by atoms with E-state index in [9.17, 15) is 9.59 Å². The second-order valence-corrected chi connectivity index (χ2v) is 6.18. The van der Waals surface area contributed by atoms with Crippen molar-refractivity contribution in [1.82, 2.24) is 10.7 Å². The maximum atomic E-state index is 12.1. The molecule has 0 unspecified atom stereocenters. The summed E-state index contributed by atoms with van der Waals surface area (Å²) in [7, 11) is 0. The van der Waals surface area contributed by atoms with E-state index in [0.29, 0.717) is 17.3 Å². The number of carbonyl (C=O) groups excluding carboxylic acids is 2. The summed E-state index contributed by atoms with van der Waals surface area (Å²) in [6.45, 7) is 3.63. The second kappa shape index (κ2) is 8.46. The molecule has 1 aromatic rings. The third-order valence-electron chi connectivity index (χ3n) is 4.12. The molecule has 0 atom stereocenters. The molecule has 0 heterocycles. The van der Waals surface area contributed by atoms with E-state index in [4.69, 9.17) is 0 Å². The van der Waals surface area contributed by atoms with Crippen molar-refractivity contribution in [3.8, 4) is 0 Å². The number of hydrogen-bond acceptors (Lipinski definition) is 3. The van der Waals surface area contributed by atoms with Crippen LogP contribution >= 0.6 is 0 Å². The fraction of sp³-hybridized carbons (Fsp3) is 0.500. The van der Waals surface area contributed by atoms with Crippen molar-refractivity contribution in [3.63, 3.8) is 0 Å². The van der Waals surface area contributed by atoms with Gasteiger partial charge in [0.15, 0.2) is 0 Å². The van der Waals surface area contributed by atoms with E-state index in [2.05, 4.69) is 15.8 Å². The molecule has 1 saturated carbocycles. The number of aryl methyl sites for hydroxylation is 1. The molecule has 0 aliphatic heterocycles. The molecule has 23 heavy (non-hydrogen) atoms. The van der Waals surface area contributed by atoms with Crippen LogP contribution in [0.3, 0.4) is 0 Å². The van der Waals surface area contributed by atoms with E-state index >= 15 is 0 Å². The number of amides is 2. The highest BCUT2D eigenvalue weighted by Gasteiger charge is 2.16. The van der Waals surface area contributed by atoms with Crippen LogP contribution in [0.4, 0.5) is 0 Å². The Bertz CT molecular complexity index is 590. The van der Waals surface area contributed by atoms with E-state index < -0.39 is 0 Å².